The van der Waals surface area contributed by atoms with Gasteiger partial charge in [0.15, 0.2) is 5.65 Å². The molecule has 0 saturated carbocycles. The molecule has 9 heteroatoms. The summed E-state index contributed by atoms with van der Waals surface area (Å²) in [5, 5.41) is 14.3. The molecule has 0 radical (unpaired) electrons. The van der Waals surface area contributed by atoms with Crippen molar-refractivity contribution < 1.29 is 9.53 Å². The average Bonchev–Trinajstić information content (AvgIpc) is 3.22. The molecule has 2 aromatic carbocycles. The average molecular weight is 454 g/mol. The van der Waals surface area contributed by atoms with Gasteiger partial charge in [-0.15, -0.1) is 10.2 Å². The van der Waals surface area contributed by atoms with Crippen LogP contribution in [0.1, 0.15) is 10.6 Å². The molecule has 0 unspecified atom stereocenters. The van der Waals surface area contributed by atoms with Crippen molar-refractivity contribution in [1.29, 1.82) is 0 Å². The van der Waals surface area contributed by atoms with Crippen LogP contribution < -0.4 is 0 Å². The number of aromatic nitrogens is 4. The Kier molecular flexibility index (Phi) is 5.31. The van der Waals surface area contributed by atoms with Crippen LogP contribution in [0.3, 0.4) is 0 Å². The smallest absolute Gasteiger partial charge is 0.293 e. The Morgan fingerprint density at radius 2 is 1.68 bits per heavy atom. The maximum Gasteiger partial charge on any atom is 0.293 e. The van der Waals surface area contributed by atoms with Crippen LogP contribution in [0.5, 0.6) is 0 Å². The normalized spacial score (nSPS) is 14.2. The van der Waals surface area contributed by atoms with Gasteiger partial charge in [-0.3, -0.25) is 4.79 Å². The number of carbonyl (C=O) groups is 1. The van der Waals surface area contributed by atoms with E-state index in [1.54, 1.807) is 11.0 Å². The second-order valence-corrected chi connectivity index (χ2v) is 7.94. The standard InChI is InChI=1S/C22H17Cl2N5O2/c23-15-7-5-14(6-8-15)17-13-19-25-26-21(22(30)28-9-11-31-12-10-28)29(19)27-20(17)16-3-1-2-4-18(16)24/h1-8,13H,9-12H2. The molecule has 7 nitrogen and oxygen atoms in total. The molecular weight excluding hydrogens is 437 g/mol. The predicted molar refractivity (Wildman–Crippen MR) is 118 cm³/mol. The van der Waals surface area contributed by atoms with Gasteiger partial charge in [-0.05, 0) is 29.8 Å². The van der Waals surface area contributed by atoms with E-state index < -0.39 is 0 Å². The maximum absolute atomic E-state index is 13.0. The number of hydrogen-bond donors (Lipinski definition) is 0. The van der Waals surface area contributed by atoms with Crippen LogP contribution in [-0.4, -0.2) is 56.9 Å². The lowest BCUT2D eigenvalue weighted by Gasteiger charge is -2.25. The number of carbonyl (C=O) groups excluding carboxylic acids is 1. The van der Waals surface area contributed by atoms with Crippen LogP contribution in [0.4, 0.5) is 0 Å². The Morgan fingerprint density at radius 1 is 0.935 bits per heavy atom. The van der Waals surface area contributed by atoms with Crippen LogP contribution in [0.2, 0.25) is 10.0 Å². The minimum atomic E-state index is -0.229. The third-order valence-electron chi connectivity index (χ3n) is 5.17. The molecule has 0 aliphatic carbocycles. The number of halogens is 2. The number of ether oxygens (including phenoxy) is 1. The van der Waals surface area contributed by atoms with E-state index in [-0.39, 0.29) is 11.7 Å². The Labute approximate surface area is 188 Å². The lowest BCUT2D eigenvalue weighted by atomic mass is 10.00. The molecule has 2 aromatic heterocycles. The van der Waals surface area contributed by atoms with E-state index >= 15 is 0 Å². The van der Waals surface area contributed by atoms with Gasteiger partial charge >= 0.3 is 0 Å². The summed E-state index contributed by atoms with van der Waals surface area (Å²) in [6, 6.07) is 16.8. The Morgan fingerprint density at radius 3 is 2.42 bits per heavy atom. The van der Waals surface area contributed by atoms with Gasteiger partial charge in [0.05, 0.1) is 18.2 Å². The topological polar surface area (TPSA) is 72.6 Å². The monoisotopic (exact) mass is 453 g/mol. The first kappa shape index (κ1) is 19.9. The summed E-state index contributed by atoms with van der Waals surface area (Å²) in [5.74, 6) is -0.0690. The molecule has 1 aliphatic rings. The highest BCUT2D eigenvalue weighted by molar-refractivity contribution is 6.33. The van der Waals surface area contributed by atoms with Crippen LogP contribution in [-0.2, 0) is 4.74 Å². The highest BCUT2D eigenvalue weighted by atomic mass is 35.5. The van der Waals surface area contributed by atoms with Crippen LogP contribution in [0, 0.1) is 0 Å². The van der Waals surface area contributed by atoms with Gasteiger partial charge < -0.3 is 9.64 Å². The van der Waals surface area contributed by atoms with Gasteiger partial charge in [-0.2, -0.15) is 9.61 Å². The molecule has 4 aromatic rings. The highest BCUT2D eigenvalue weighted by Crippen LogP contribution is 2.35. The lowest BCUT2D eigenvalue weighted by molar-refractivity contribution is 0.0293. The summed E-state index contributed by atoms with van der Waals surface area (Å²) in [6.45, 7) is 2.02. The van der Waals surface area contributed by atoms with Crippen molar-refractivity contribution in [3.8, 4) is 22.4 Å². The van der Waals surface area contributed by atoms with Crippen molar-refractivity contribution in [3.63, 3.8) is 0 Å². The van der Waals surface area contributed by atoms with E-state index in [1.807, 2.05) is 48.5 Å². The Hall–Kier alpha value is -3.00. The molecule has 156 valence electrons. The van der Waals surface area contributed by atoms with E-state index in [4.69, 9.17) is 33.0 Å². The summed E-state index contributed by atoms with van der Waals surface area (Å²) >= 11 is 12.6. The molecule has 3 heterocycles. The predicted octanol–water partition coefficient (Wildman–Crippen LogP) is 4.24. The molecule has 0 atom stereocenters. The molecule has 1 aliphatic heterocycles. The van der Waals surface area contributed by atoms with Crippen molar-refractivity contribution in [1.82, 2.24) is 24.7 Å². The number of morpholine rings is 1. The van der Waals surface area contributed by atoms with E-state index in [1.165, 1.54) is 4.52 Å². The first-order chi connectivity index (χ1) is 15.1. The number of nitrogens with zero attached hydrogens (tertiary/aromatic N) is 5. The first-order valence-corrected chi connectivity index (χ1v) is 10.5. The molecule has 1 amide bonds. The third-order valence-corrected chi connectivity index (χ3v) is 5.75. The molecular formula is C22H17Cl2N5O2. The maximum atomic E-state index is 13.0. The molecule has 0 bridgehead atoms. The zero-order valence-corrected chi connectivity index (χ0v) is 17.8. The number of rotatable bonds is 3. The summed E-state index contributed by atoms with van der Waals surface area (Å²) < 4.78 is 6.82. The summed E-state index contributed by atoms with van der Waals surface area (Å²) in [5.41, 5.74) is 3.55. The number of benzene rings is 2. The van der Waals surface area contributed by atoms with Crippen molar-refractivity contribution >= 4 is 34.8 Å². The quantitative estimate of drug-likeness (QED) is 0.463. The van der Waals surface area contributed by atoms with Gasteiger partial charge in [0.1, 0.15) is 5.69 Å². The third kappa shape index (κ3) is 3.76. The number of fused-ring (bicyclic) bond motifs is 1. The SMILES string of the molecule is O=C(c1nnc2cc(-c3ccc(Cl)cc3)c(-c3ccccc3Cl)nn12)N1CCOCC1. The molecule has 5 rings (SSSR count). The number of hydrogen-bond acceptors (Lipinski definition) is 5. The van der Waals surface area contributed by atoms with Crippen molar-refractivity contribution in [2.45, 2.75) is 0 Å². The van der Waals surface area contributed by atoms with E-state index in [2.05, 4.69) is 10.2 Å². The van der Waals surface area contributed by atoms with Gasteiger partial charge in [0.2, 0.25) is 5.82 Å². The minimum absolute atomic E-state index is 0.160. The van der Waals surface area contributed by atoms with E-state index in [9.17, 15) is 4.79 Å². The van der Waals surface area contributed by atoms with Crippen LogP contribution in [0.15, 0.2) is 54.6 Å². The van der Waals surface area contributed by atoms with Gasteiger partial charge in [-0.25, -0.2) is 0 Å². The number of amides is 1. The van der Waals surface area contributed by atoms with Crippen molar-refractivity contribution in [2.75, 3.05) is 26.3 Å². The fraction of sp³-hybridized carbons (Fsp3) is 0.182. The second kappa shape index (κ2) is 8.26. The van der Waals surface area contributed by atoms with Gasteiger partial charge in [0.25, 0.3) is 5.91 Å². The minimum Gasteiger partial charge on any atom is -0.378 e. The molecule has 1 fully saturated rings. The zero-order valence-electron chi connectivity index (χ0n) is 16.3. The summed E-state index contributed by atoms with van der Waals surface area (Å²) in [6.07, 6.45) is 0. The molecule has 0 N–H and O–H groups in total. The lowest BCUT2D eigenvalue weighted by Crippen LogP contribution is -2.41. The van der Waals surface area contributed by atoms with Gasteiger partial charge in [0, 0.05) is 29.2 Å². The van der Waals surface area contributed by atoms with Gasteiger partial charge in [-0.1, -0.05) is 53.5 Å². The Balaban J connectivity index is 1.70. The van der Waals surface area contributed by atoms with E-state index in [0.717, 1.165) is 16.7 Å². The fourth-order valence-electron chi connectivity index (χ4n) is 3.57. The largest absolute Gasteiger partial charge is 0.378 e. The second-order valence-electron chi connectivity index (χ2n) is 7.09. The molecule has 1 saturated heterocycles. The fourth-order valence-corrected chi connectivity index (χ4v) is 3.93. The molecule has 0 spiro atoms. The van der Waals surface area contributed by atoms with Crippen molar-refractivity contribution in [2.24, 2.45) is 0 Å². The molecule has 31 heavy (non-hydrogen) atoms. The zero-order chi connectivity index (χ0) is 21.4. The highest BCUT2D eigenvalue weighted by Gasteiger charge is 2.25. The Bertz CT molecular complexity index is 1270. The summed E-state index contributed by atoms with van der Waals surface area (Å²) in [7, 11) is 0. The van der Waals surface area contributed by atoms with Crippen molar-refractivity contribution in [3.05, 3.63) is 70.5 Å². The summed E-state index contributed by atoms with van der Waals surface area (Å²) in [4.78, 5) is 14.7. The van der Waals surface area contributed by atoms with E-state index in [0.29, 0.717) is 47.7 Å². The van der Waals surface area contributed by atoms with Crippen LogP contribution >= 0.6 is 23.2 Å². The van der Waals surface area contributed by atoms with Crippen LogP contribution in [0.25, 0.3) is 28.0 Å². The first-order valence-electron chi connectivity index (χ1n) is 9.76.